The molecule has 0 saturated heterocycles. The minimum Gasteiger partial charge on any atom is -0.495 e. The fourth-order valence-electron chi connectivity index (χ4n) is 1.95. The number of ether oxygens (including phenoxy) is 1. The first-order valence-corrected chi connectivity index (χ1v) is 5.58. The molecule has 0 radical (unpaired) electrons. The number of benzene rings is 1. The van der Waals surface area contributed by atoms with Gasteiger partial charge in [-0.3, -0.25) is 0 Å². The Kier molecular flexibility index (Phi) is 3.08. The summed E-state index contributed by atoms with van der Waals surface area (Å²) < 4.78 is 7.33. The zero-order chi connectivity index (χ0) is 11.7. The zero-order valence-corrected chi connectivity index (χ0v) is 10.2. The highest BCUT2D eigenvalue weighted by atomic mass is 35.5. The average molecular weight is 239 g/mol. The van der Waals surface area contributed by atoms with E-state index in [1.54, 1.807) is 7.11 Å². The molecular weight excluding hydrogens is 224 g/mol. The second-order valence-corrected chi connectivity index (χ2v) is 4.21. The maximum absolute atomic E-state index is 6.12. The first-order valence-electron chi connectivity index (χ1n) is 5.20. The van der Waals surface area contributed by atoms with Gasteiger partial charge in [0, 0.05) is 24.7 Å². The highest BCUT2D eigenvalue weighted by molar-refractivity contribution is 6.32. The van der Waals surface area contributed by atoms with E-state index >= 15 is 0 Å². The summed E-state index contributed by atoms with van der Waals surface area (Å²) in [5.41, 5.74) is 7.89. The molecular formula is C12H15ClN2O. The van der Waals surface area contributed by atoms with Crippen molar-refractivity contribution in [1.29, 1.82) is 0 Å². The van der Waals surface area contributed by atoms with E-state index in [0.29, 0.717) is 17.3 Å². The fourth-order valence-corrected chi connectivity index (χ4v) is 2.18. The van der Waals surface area contributed by atoms with Crippen LogP contribution in [-0.2, 0) is 6.54 Å². The quantitative estimate of drug-likeness (QED) is 0.893. The Morgan fingerprint density at radius 2 is 2.19 bits per heavy atom. The highest BCUT2D eigenvalue weighted by Crippen LogP contribution is 2.32. The largest absolute Gasteiger partial charge is 0.495 e. The van der Waals surface area contributed by atoms with E-state index in [1.807, 2.05) is 12.1 Å². The summed E-state index contributed by atoms with van der Waals surface area (Å²) in [4.78, 5) is 0. The van der Waals surface area contributed by atoms with Crippen molar-refractivity contribution < 1.29 is 4.74 Å². The van der Waals surface area contributed by atoms with Crippen LogP contribution in [0.2, 0.25) is 5.02 Å². The predicted octanol–water partition coefficient (Wildman–Crippen LogP) is 2.57. The summed E-state index contributed by atoms with van der Waals surface area (Å²) in [5, 5.41) is 1.79. The van der Waals surface area contributed by atoms with Gasteiger partial charge in [0.15, 0.2) is 0 Å². The number of hydrogen-bond acceptors (Lipinski definition) is 2. The van der Waals surface area contributed by atoms with Crippen molar-refractivity contribution in [3.05, 3.63) is 28.9 Å². The lowest BCUT2D eigenvalue weighted by Crippen LogP contribution is -2.08. The average Bonchev–Trinajstić information content (AvgIpc) is 2.55. The number of halogens is 1. The molecule has 0 amide bonds. The van der Waals surface area contributed by atoms with Crippen molar-refractivity contribution in [3.8, 4) is 5.75 Å². The van der Waals surface area contributed by atoms with Crippen LogP contribution in [0.15, 0.2) is 18.3 Å². The minimum absolute atomic E-state index is 0.618. The van der Waals surface area contributed by atoms with E-state index in [0.717, 1.165) is 17.4 Å². The maximum atomic E-state index is 6.12. The molecule has 1 aromatic heterocycles. The van der Waals surface area contributed by atoms with Gasteiger partial charge in [-0.25, -0.2) is 0 Å². The number of fused-ring (bicyclic) bond motifs is 1. The molecule has 2 rings (SSSR count). The Bertz CT molecular complexity index is 519. The van der Waals surface area contributed by atoms with Crippen molar-refractivity contribution in [3.63, 3.8) is 0 Å². The van der Waals surface area contributed by atoms with Crippen molar-refractivity contribution >= 4 is 22.5 Å². The van der Waals surface area contributed by atoms with Gasteiger partial charge in [-0.1, -0.05) is 11.6 Å². The Hall–Kier alpha value is -1.19. The summed E-state index contributed by atoms with van der Waals surface area (Å²) in [6, 6.07) is 3.90. The molecule has 1 heterocycles. The highest BCUT2D eigenvalue weighted by Gasteiger charge is 2.09. The van der Waals surface area contributed by atoms with Crippen LogP contribution in [0.1, 0.15) is 5.56 Å². The van der Waals surface area contributed by atoms with E-state index in [4.69, 9.17) is 22.1 Å². The normalized spacial score (nSPS) is 11.0. The number of aromatic nitrogens is 1. The molecule has 0 bridgehead atoms. The third-order valence-corrected chi connectivity index (χ3v) is 3.02. The molecule has 0 saturated carbocycles. The van der Waals surface area contributed by atoms with Gasteiger partial charge in [0.25, 0.3) is 0 Å². The molecule has 2 N–H and O–H groups in total. The Morgan fingerprint density at radius 1 is 1.44 bits per heavy atom. The third kappa shape index (κ3) is 1.77. The van der Waals surface area contributed by atoms with Crippen molar-refractivity contribution in [2.24, 2.45) is 5.73 Å². The number of methoxy groups -OCH3 is 1. The summed E-state index contributed by atoms with van der Waals surface area (Å²) in [6.45, 7) is 3.49. The monoisotopic (exact) mass is 238 g/mol. The molecule has 16 heavy (non-hydrogen) atoms. The van der Waals surface area contributed by atoms with Crippen LogP contribution in [0, 0.1) is 6.92 Å². The summed E-state index contributed by atoms with van der Waals surface area (Å²) in [7, 11) is 1.62. The lowest BCUT2D eigenvalue weighted by Gasteiger charge is -2.06. The smallest absolute Gasteiger partial charge is 0.138 e. The SMILES string of the molecule is COc1cc2c(C)cn(CCN)c2cc1Cl. The fraction of sp³-hybridized carbons (Fsp3) is 0.333. The number of hydrogen-bond donors (Lipinski definition) is 1. The van der Waals surface area contributed by atoms with E-state index in [2.05, 4.69) is 17.7 Å². The van der Waals surface area contributed by atoms with Crippen molar-refractivity contribution in [2.45, 2.75) is 13.5 Å². The maximum Gasteiger partial charge on any atom is 0.138 e. The number of rotatable bonds is 3. The third-order valence-electron chi connectivity index (χ3n) is 2.72. The zero-order valence-electron chi connectivity index (χ0n) is 9.46. The van der Waals surface area contributed by atoms with Gasteiger partial charge in [0.2, 0.25) is 0 Å². The van der Waals surface area contributed by atoms with Crippen LogP contribution in [0.3, 0.4) is 0 Å². The van der Waals surface area contributed by atoms with Gasteiger partial charge in [0.1, 0.15) is 5.75 Å². The molecule has 4 heteroatoms. The van der Waals surface area contributed by atoms with Crippen molar-refractivity contribution in [2.75, 3.05) is 13.7 Å². The molecule has 0 aliphatic rings. The van der Waals surface area contributed by atoms with Gasteiger partial charge in [-0.2, -0.15) is 0 Å². The van der Waals surface area contributed by atoms with Gasteiger partial charge in [-0.15, -0.1) is 0 Å². The van der Waals surface area contributed by atoms with Crippen LogP contribution in [0.25, 0.3) is 10.9 Å². The second-order valence-electron chi connectivity index (χ2n) is 3.80. The molecule has 86 valence electrons. The van der Waals surface area contributed by atoms with Crippen LogP contribution in [0.5, 0.6) is 5.75 Å². The Morgan fingerprint density at radius 3 is 2.81 bits per heavy atom. The summed E-state index contributed by atoms with van der Waals surface area (Å²) >= 11 is 6.12. The van der Waals surface area contributed by atoms with E-state index in [-0.39, 0.29) is 0 Å². The van der Waals surface area contributed by atoms with Crippen LogP contribution >= 0.6 is 11.6 Å². The topological polar surface area (TPSA) is 40.2 Å². The number of aryl methyl sites for hydroxylation is 1. The van der Waals surface area contributed by atoms with Gasteiger partial charge in [-0.05, 0) is 24.6 Å². The molecule has 0 atom stereocenters. The first-order chi connectivity index (χ1) is 7.67. The Balaban J connectivity index is 2.66. The molecule has 0 aliphatic carbocycles. The van der Waals surface area contributed by atoms with Crippen LogP contribution in [0.4, 0.5) is 0 Å². The molecule has 3 nitrogen and oxygen atoms in total. The van der Waals surface area contributed by atoms with Crippen LogP contribution in [-0.4, -0.2) is 18.2 Å². The molecule has 1 aromatic carbocycles. The van der Waals surface area contributed by atoms with Gasteiger partial charge >= 0.3 is 0 Å². The number of nitrogens with zero attached hydrogens (tertiary/aromatic N) is 1. The van der Waals surface area contributed by atoms with Gasteiger partial charge in [0.05, 0.1) is 17.6 Å². The molecule has 0 fully saturated rings. The van der Waals surface area contributed by atoms with Crippen LogP contribution < -0.4 is 10.5 Å². The standard InChI is InChI=1S/C12H15ClN2O/c1-8-7-15(4-3-14)11-6-10(13)12(16-2)5-9(8)11/h5-7H,3-4,14H2,1-2H3. The van der Waals surface area contributed by atoms with E-state index in [9.17, 15) is 0 Å². The Labute approximate surface area is 99.7 Å². The van der Waals surface area contributed by atoms with E-state index < -0.39 is 0 Å². The molecule has 0 unspecified atom stereocenters. The molecule has 2 aromatic rings. The molecule has 0 spiro atoms. The predicted molar refractivity (Wildman–Crippen MR) is 67.3 cm³/mol. The second kappa shape index (κ2) is 4.36. The van der Waals surface area contributed by atoms with E-state index in [1.165, 1.54) is 5.56 Å². The number of nitrogens with two attached hydrogens (primary N) is 1. The minimum atomic E-state index is 0.618. The molecule has 0 aliphatic heterocycles. The lowest BCUT2D eigenvalue weighted by atomic mass is 10.2. The van der Waals surface area contributed by atoms with Crippen molar-refractivity contribution in [1.82, 2.24) is 4.57 Å². The van der Waals surface area contributed by atoms with Gasteiger partial charge < -0.3 is 15.0 Å². The first kappa shape index (κ1) is 11.3. The summed E-state index contributed by atoms with van der Waals surface area (Å²) in [6.07, 6.45) is 2.09. The lowest BCUT2D eigenvalue weighted by molar-refractivity contribution is 0.415. The summed E-state index contributed by atoms with van der Waals surface area (Å²) in [5.74, 6) is 0.711.